The lowest BCUT2D eigenvalue weighted by Gasteiger charge is -2.12. The van der Waals surface area contributed by atoms with Crippen LogP contribution in [0.5, 0.6) is 11.5 Å². The Hall–Kier alpha value is -2.30. The summed E-state index contributed by atoms with van der Waals surface area (Å²) >= 11 is 0. The van der Waals surface area contributed by atoms with E-state index >= 15 is 0 Å². The van der Waals surface area contributed by atoms with Gasteiger partial charge >= 0.3 is 5.97 Å². The normalized spacial score (nSPS) is 16.1. The lowest BCUT2D eigenvalue weighted by atomic mass is 10.1. The largest absolute Gasteiger partial charge is 0.493 e. The molecule has 1 aromatic carbocycles. The fourth-order valence-corrected chi connectivity index (χ4v) is 1.84. The Labute approximate surface area is 124 Å². The predicted molar refractivity (Wildman–Crippen MR) is 80.5 cm³/mol. The molecule has 0 amide bonds. The minimum absolute atomic E-state index is 0.434. The van der Waals surface area contributed by atoms with Gasteiger partial charge in [0, 0.05) is 0 Å². The van der Waals surface area contributed by atoms with Gasteiger partial charge in [-0.05, 0) is 36.6 Å². The standard InChI is InChI=1S/C16H19NO4/c1-10(2)9-20-14-6-5-12(8-15(14)19-4)7-13-11(3)17-21-16(13)18/h5-8,10H,9H2,1-4H3/b13-7+. The topological polar surface area (TPSA) is 57.1 Å². The highest BCUT2D eigenvalue weighted by atomic mass is 16.7. The van der Waals surface area contributed by atoms with E-state index in [1.165, 1.54) is 0 Å². The maximum absolute atomic E-state index is 11.5. The first-order valence-corrected chi connectivity index (χ1v) is 6.80. The number of ether oxygens (including phenoxy) is 2. The van der Waals surface area contributed by atoms with E-state index in [2.05, 4.69) is 23.8 Å². The van der Waals surface area contributed by atoms with E-state index < -0.39 is 5.97 Å². The summed E-state index contributed by atoms with van der Waals surface area (Å²) in [5.41, 5.74) is 1.85. The van der Waals surface area contributed by atoms with Gasteiger partial charge in [-0.15, -0.1) is 0 Å². The number of hydrogen-bond donors (Lipinski definition) is 0. The zero-order chi connectivity index (χ0) is 15.4. The molecule has 1 heterocycles. The average Bonchev–Trinajstić information content (AvgIpc) is 2.77. The molecule has 1 aliphatic heterocycles. The average molecular weight is 289 g/mol. The molecule has 0 saturated carbocycles. The fourth-order valence-electron chi connectivity index (χ4n) is 1.84. The summed E-state index contributed by atoms with van der Waals surface area (Å²) in [7, 11) is 1.59. The Bertz CT molecular complexity index is 602. The smallest absolute Gasteiger partial charge is 0.367 e. The monoisotopic (exact) mass is 289 g/mol. The van der Waals surface area contributed by atoms with Gasteiger partial charge in [0.2, 0.25) is 0 Å². The molecular weight excluding hydrogens is 270 g/mol. The van der Waals surface area contributed by atoms with Crippen LogP contribution in [0.25, 0.3) is 6.08 Å². The van der Waals surface area contributed by atoms with E-state index in [0.29, 0.717) is 35.3 Å². The van der Waals surface area contributed by atoms with Crippen LogP contribution in [0.15, 0.2) is 28.9 Å². The van der Waals surface area contributed by atoms with Crippen molar-refractivity contribution in [3.8, 4) is 11.5 Å². The highest BCUT2D eigenvalue weighted by molar-refractivity contribution is 6.24. The molecule has 112 valence electrons. The van der Waals surface area contributed by atoms with Gasteiger partial charge in [0.05, 0.1) is 25.0 Å². The Morgan fingerprint density at radius 2 is 2.10 bits per heavy atom. The summed E-state index contributed by atoms with van der Waals surface area (Å²) in [5.74, 6) is 1.31. The van der Waals surface area contributed by atoms with Gasteiger partial charge < -0.3 is 14.3 Å². The van der Waals surface area contributed by atoms with Crippen LogP contribution in [0.4, 0.5) is 0 Å². The van der Waals surface area contributed by atoms with Gasteiger partial charge in [-0.1, -0.05) is 25.1 Å². The van der Waals surface area contributed by atoms with Crippen LogP contribution in [0, 0.1) is 5.92 Å². The van der Waals surface area contributed by atoms with Crippen LogP contribution in [-0.4, -0.2) is 25.4 Å². The van der Waals surface area contributed by atoms with Gasteiger partial charge in [0.15, 0.2) is 11.5 Å². The third kappa shape index (κ3) is 3.62. The molecule has 2 rings (SSSR count). The van der Waals surface area contributed by atoms with E-state index in [1.807, 2.05) is 18.2 Å². The predicted octanol–water partition coefficient (Wildman–Crippen LogP) is 3.05. The van der Waals surface area contributed by atoms with Crippen LogP contribution in [0.1, 0.15) is 26.3 Å². The van der Waals surface area contributed by atoms with E-state index in [-0.39, 0.29) is 0 Å². The van der Waals surface area contributed by atoms with E-state index in [9.17, 15) is 4.79 Å². The fraction of sp³-hybridized carbons (Fsp3) is 0.375. The van der Waals surface area contributed by atoms with Gasteiger partial charge in [-0.25, -0.2) is 4.79 Å². The zero-order valence-electron chi connectivity index (χ0n) is 12.7. The number of rotatable bonds is 5. The van der Waals surface area contributed by atoms with Crippen molar-refractivity contribution in [3.63, 3.8) is 0 Å². The van der Waals surface area contributed by atoms with Crippen molar-refractivity contribution in [2.75, 3.05) is 13.7 Å². The van der Waals surface area contributed by atoms with E-state index in [4.69, 9.17) is 9.47 Å². The molecule has 0 aromatic heterocycles. The number of benzene rings is 1. The Balaban J connectivity index is 2.25. The second kappa shape index (κ2) is 6.43. The second-order valence-electron chi connectivity index (χ2n) is 5.23. The molecular formula is C16H19NO4. The molecule has 21 heavy (non-hydrogen) atoms. The molecule has 0 atom stereocenters. The van der Waals surface area contributed by atoms with Gasteiger partial charge in [0.1, 0.15) is 0 Å². The minimum Gasteiger partial charge on any atom is -0.493 e. The van der Waals surface area contributed by atoms with Crippen molar-refractivity contribution >= 4 is 17.8 Å². The zero-order valence-corrected chi connectivity index (χ0v) is 12.7. The Kier molecular flexibility index (Phi) is 4.62. The molecule has 0 saturated heterocycles. The molecule has 5 nitrogen and oxygen atoms in total. The van der Waals surface area contributed by atoms with Crippen LogP contribution in [-0.2, 0) is 9.63 Å². The number of hydrogen-bond acceptors (Lipinski definition) is 5. The summed E-state index contributed by atoms with van der Waals surface area (Å²) in [6, 6.07) is 5.52. The third-order valence-electron chi connectivity index (χ3n) is 2.95. The van der Waals surface area contributed by atoms with Gasteiger partial charge in [0.25, 0.3) is 0 Å². The number of oxime groups is 1. The summed E-state index contributed by atoms with van der Waals surface area (Å²) in [6.07, 6.45) is 1.73. The molecule has 0 N–H and O–H groups in total. The molecule has 1 aliphatic rings. The lowest BCUT2D eigenvalue weighted by molar-refractivity contribution is -0.136. The van der Waals surface area contributed by atoms with Crippen molar-refractivity contribution in [1.82, 2.24) is 0 Å². The summed E-state index contributed by atoms with van der Waals surface area (Å²) < 4.78 is 11.0. The van der Waals surface area contributed by atoms with Gasteiger partial charge in [-0.3, -0.25) is 0 Å². The Morgan fingerprint density at radius 3 is 2.67 bits per heavy atom. The quantitative estimate of drug-likeness (QED) is 0.617. The lowest BCUT2D eigenvalue weighted by Crippen LogP contribution is -2.05. The third-order valence-corrected chi connectivity index (χ3v) is 2.95. The molecule has 0 radical (unpaired) electrons. The highest BCUT2D eigenvalue weighted by Gasteiger charge is 2.21. The first kappa shape index (κ1) is 15.1. The minimum atomic E-state index is -0.438. The molecule has 0 bridgehead atoms. The van der Waals surface area contributed by atoms with Crippen molar-refractivity contribution in [2.45, 2.75) is 20.8 Å². The van der Waals surface area contributed by atoms with E-state index in [1.54, 1.807) is 20.1 Å². The summed E-state index contributed by atoms with van der Waals surface area (Å²) in [6.45, 7) is 6.52. The first-order valence-electron chi connectivity index (χ1n) is 6.80. The maximum Gasteiger partial charge on any atom is 0.367 e. The van der Waals surface area contributed by atoms with Crippen molar-refractivity contribution in [2.24, 2.45) is 11.1 Å². The number of methoxy groups -OCH3 is 1. The molecule has 5 heteroatoms. The van der Waals surface area contributed by atoms with Crippen LogP contribution in [0.2, 0.25) is 0 Å². The van der Waals surface area contributed by atoms with Crippen LogP contribution < -0.4 is 9.47 Å². The molecule has 1 aromatic rings. The number of carbonyl (C=O) groups is 1. The van der Waals surface area contributed by atoms with E-state index in [0.717, 1.165) is 5.56 Å². The number of carbonyl (C=O) groups excluding carboxylic acids is 1. The summed E-state index contributed by atoms with van der Waals surface area (Å²) in [5, 5.41) is 3.65. The second-order valence-corrected chi connectivity index (χ2v) is 5.23. The van der Waals surface area contributed by atoms with Crippen LogP contribution >= 0.6 is 0 Å². The summed E-state index contributed by atoms with van der Waals surface area (Å²) in [4.78, 5) is 16.1. The highest BCUT2D eigenvalue weighted by Crippen LogP contribution is 2.29. The maximum atomic E-state index is 11.5. The molecule has 0 fully saturated rings. The van der Waals surface area contributed by atoms with Gasteiger partial charge in [-0.2, -0.15) is 0 Å². The van der Waals surface area contributed by atoms with Crippen molar-refractivity contribution in [3.05, 3.63) is 29.3 Å². The first-order chi connectivity index (χ1) is 10.0. The van der Waals surface area contributed by atoms with Crippen LogP contribution in [0.3, 0.4) is 0 Å². The Morgan fingerprint density at radius 1 is 1.33 bits per heavy atom. The molecule has 0 aliphatic carbocycles. The molecule has 0 unspecified atom stereocenters. The molecule has 0 spiro atoms. The van der Waals surface area contributed by atoms with Crippen molar-refractivity contribution < 1.29 is 19.1 Å². The number of nitrogens with zero attached hydrogens (tertiary/aromatic N) is 1. The van der Waals surface area contributed by atoms with Crippen molar-refractivity contribution in [1.29, 1.82) is 0 Å². The SMILES string of the molecule is COc1cc(/C=C2/C(=O)ON=C2C)ccc1OCC(C)C.